The Morgan fingerprint density at radius 1 is 1.18 bits per heavy atom. The SMILES string of the molecule is Cc1c(-c2ccc(C(=O)N3CCC(C(C)C)CC34CC4)c(OC(F)(F)F)c2)cn(C)c(=O)c1C. The summed E-state index contributed by atoms with van der Waals surface area (Å²) in [6, 6.07) is 4.31. The summed E-state index contributed by atoms with van der Waals surface area (Å²) in [7, 11) is 1.60. The van der Waals surface area contributed by atoms with Crippen LogP contribution in [0.2, 0.25) is 0 Å². The number of aryl methyl sites for hydroxylation is 1. The van der Waals surface area contributed by atoms with Crippen LogP contribution in [0.5, 0.6) is 5.75 Å². The molecule has 1 saturated heterocycles. The van der Waals surface area contributed by atoms with E-state index in [1.165, 1.54) is 16.7 Å². The molecule has 2 fully saturated rings. The molecule has 34 heavy (non-hydrogen) atoms. The molecule has 1 aliphatic carbocycles. The molecule has 2 heterocycles. The fourth-order valence-corrected chi connectivity index (χ4v) is 5.22. The molecular formula is C26H31F3N2O3. The largest absolute Gasteiger partial charge is 0.573 e. The summed E-state index contributed by atoms with van der Waals surface area (Å²) in [5.74, 6) is 0.0870. The van der Waals surface area contributed by atoms with Crippen LogP contribution in [0.15, 0.2) is 29.2 Å². The molecule has 1 spiro atoms. The highest BCUT2D eigenvalue weighted by Gasteiger charge is 2.54. The first kappa shape index (κ1) is 24.4. The predicted octanol–water partition coefficient (Wildman–Crippen LogP) is 5.61. The van der Waals surface area contributed by atoms with Gasteiger partial charge in [0.2, 0.25) is 0 Å². The van der Waals surface area contributed by atoms with Crippen LogP contribution >= 0.6 is 0 Å². The number of carbonyl (C=O) groups is 1. The molecule has 1 aromatic heterocycles. The van der Waals surface area contributed by atoms with Gasteiger partial charge in [-0.05, 0) is 74.6 Å². The van der Waals surface area contributed by atoms with Crippen LogP contribution in [0.1, 0.15) is 61.0 Å². The number of alkyl halides is 3. The number of pyridine rings is 1. The molecule has 1 saturated carbocycles. The van der Waals surface area contributed by atoms with E-state index in [0.717, 1.165) is 25.7 Å². The zero-order valence-corrected chi connectivity index (χ0v) is 20.3. The Kier molecular flexibility index (Phi) is 6.07. The van der Waals surface area contributed by atoms with Gasteiger partial charge in [0.15, 0.2) is 0 Å². The molecule has 184 valence electrons. The predicted molar refractivity (Wildman–Crippen MR) is 124 cm³/mol. The van der Waals surface area contributed by atoms with E-state index in [1.54, 1.807) is 38.1 Å². The van der Waals surface area contributed by atoms with E-state index in [2.05, 4.69) is 18.6 Å². The highest BCUT2D eigenvalue weighted by molar-refractivity contribution is 5.98. The van der Waals surface area contributed by atoms with Crippen molar-refractivity contribution in [3.63, 3.8) is 0 Å². The number of hydrogen-bond acceptors (Lipinski definition) is 3. The van der Waals surface area contributed by atoms with Crippen LogP contribution in [-0.2, 0) is 7.05 Å². The van der Waals surface area contributed by atoms with Gasteiger partial charge in [-0.15, -0.1) is 13.2 Å². The number of likely N-dealkylation sites (tertiary alicyclic amines) is 1. The van der Waals surface area contributed by atoms with E-state index in [1.807, 2.05) is 0 Å². The maximum absolute atomic E-state index is 13.5. The van der Waals surface area contributed by atoms with E-state index in [9.17, 15) is 22.8 Å². The fourth-order valence-electron chi connectivity index (χ4n) is 5.22. The van der Waals surface area contributed by atoms with Gasteiger partial charge in [-0.1, -0.05) is 19.9 Å². The van der Waals surface area contributed by atoms with E-state index in [-0.39, 0.29) is 16.7 Å². The molecule has 1 atom stereocenters. The van der Waals surface area contributed by atoms with Gasteiger partial charge in [0.05, 0.1) is 5.56 Å². The van der Waals surface area contributed by atoms with Gasteiger partial charge in [0.25, 0.3) is 11.5 Å². The Hall–Kier alpha value is -2.77. The Balaban J connectivity index is 1.74. The number of ether oxygens (including phenoxy) is 1. The Morgan fingerprint density at radius 3 is 2.44 bits per heavy atom. The molecule has 2 aromatic rings. The first-order valence-electron chi connectivity index (χ1n) is 11.7. The first-order valence-corrected chi connectivity index (χ1v) is 11.7. The molecule has 5 nitrogen and oxygen atoms in total. The minimum atomic E-state index is -4.94. The zero-order valence-electron chi connectivity index (χ0n) is 20.3. The van der Waals surface area contributed by atoms with Crippen LogP contribution in [0.25, 0.3) is 11.1 Å². The average Bonchev–Trinajstić information content (AvgIpc) is 3.52. The molecule has 1 amide bonds. The lowest BCUT2D eigenvalue weighted by molar-refractivity contribution is -0.274. The third kappa shape index (κ3) is 4.46. The van der Waals surface area contributed by atoms with Gasteiger partial charge >= 0.3 is 6.36 Å². The van der Waals surface area contributed by atoms with Crippen LogP contribution in [0.4, 0.5) is 13.2 Å². The lowest BCUT2D eigenvalue weighted by Gasteiger charge is -2.42. The Morgan fingerprint density at radius 2 is 1.85 bits per heavy atom. The number of aromatic nitrogens is 1. The molecular weight excluding hydrogens is 445 g/mol. The van der Waals surface area contributed by atoms with Crippen LogP contribution in [0, 0.1) is 25.7 Å². The number of benzene rings is 1. The van der Waals surface area contributed by atoms with Crippen molar-refractivity contribution in [2.75, 3.05) is 6.54 Å². The minimum absolute atomic E-state index is 0.0884. The number of hydrogen-bond donors (Lipinski definition) is 0. The van der Waals surface area contributed by atoms with Crippen molar-refractivity contribution in [2.45, 2.75) is 65.3 Å². The normalized spacial score (nSPS) is 19.6. The summed E-state index contributed by atoms with van der Waals surface area (Å²) in [6.45, 7) is 8.33. The summed E-state index contributed by atoms with van der Waals surface area (Å²) in [5.41, 5.74) is 1.75. The number of rotatable bonds is 4. The molecule has 1 aliphatic heterocycles. The van der Waals surface area contributed by atoms with E-state index >= 15 is 0 Å². The fraction of sp³-hybridized carbons (Fsp3) is 0.538. The topological polar surface area (TPSA) is 51.5 Å². The minimum Gasteiger partial charge on any atom is -0.405 e. The molecule has 1 aromatic carbocycles. The zero-order chi connectivity index (χ0) is 25.0. The van der Waals surface area contributed by atoms with Crippen LogP contribution < -0.4 is 10.3 Å². The van der Waals surface area contributed by atoms with Crippen molar-refractivity contribution < 1.29 is 22.7 Å². The van der Waals surface area contributed by atoms with Gasteiger partial charge in [-0.2, -0.15) is 0 Å². The third-order valence-electron chi connectivity index (χ3n) is 7.63. The van der Waals surface area contributed by atoms with Crippen LogP contribution in [-0.4, -0.2) is 33.8 Å². The van der Waals surface area contributed by atoms with Crippen molar-refractivity contribution in [3.05, 3.63) is 51.4 Å². The Labute approximate surface area is 197 Å². The van der Waals surface area contributed by atoms with Crippen molar-refractivity contribution >= 4 is 5.91 Å². The standard InChI is InChI=1S/C26H31F3N2O3/c1-15(2)19-8-11-31(25(13-19)9-10-25)24(33)20-7-6-18(12-22(20)34-26(27,28)29)21-14-30(5)23(32)17(4)16(21)3/h6-7,12,14-15,19H,8-11,13H2,1-5H3. The van der Waals surface area contributed by atoms with Gasteiger partial charge in [0.1, 0.15) is 5.75 Å². The first-order chi connectivity index (χ1) is 15.8. The third-order valence-corrected chi connectivity index (χ3v) is 7.63. The second kappa shape index (κ2) is 8.47. The second-order valence-electron chi connectivity index (χ2n) is 10.1. The number of carbonyl (C=O) groups excluding carboxylic acids is 1. The summed E-state index contributed by atoms with van der Waals surface area (Å²) in [6.07, 6.45) is 0.145. The summed E-state index contributed by atoms with van der Waals surface area (Å²) >= 11 is 0. The highest BCUT2D eigenvalue weighted by Crippen LogP contribution is 2.52. The highest BCUT2D eigenvalue weighted by atomic mass is 19.4. The molecule has 0 N–H and O–H groups in total. The van der Waals surface area contributed by atoms with Crippen molar-refractivity contribution in [1.29, 1.82) is 0 Å². The van der Waals surface area contributed by atoms with Crippen molar-refractivity contribution in [1.82, 2.24) is 9.47 Å². The van der Waals surface area contributed by atoms with E-state index in [4.69, 9.17) is 0 Å². The molecule has 4 rings (SSSR count). The average molecular weight is 477 g/mol. The molecule has 8 heteroatoms. The Bertz CT molecular complexity index is 1180. The lowest BCUT2D eigenvalue weighted by atomic mass is 9.81. The number of amides is 1. The molecule has 2 aliphatic rings. The molecule has 0 bridgehead atoms. The monoisotopic (exact) mass is 476 g/mol. The maximum atomic E-state index is 13.5. The maximum Gasteiger partial charge on any atom is 0.573 e. The lowest BCUT2D eigenvalue weighted by Crippen LogP contribution is -2.49. The number of nitrogens with zero attached hydrogens (tertiary/aromatic N) is 2. The second-order valence-corrected chi connectivity index (χ2v) is 10.1. The van der Waals surface area contributed by atoms with E-state index in [0.29, 0.717) is 40.6 Å². The summed E-state index contributed by atoms with van der Waals surface area (Å²) in [5, 5.41) is 0. The van der Waals surface area contributed by atoms with Gasteiger partial charge in [-0.3, -0.25) is 9.59 Å². The van der Waals surface area contributed by atoms with Gasteiger partial charge < -0.3 is 14.2 Å². The number of piperidine rings is 1. The summed E-state index contributed by atoms with van der Waals surface area (Å²) < 4.78 is 45.8. The van der Waals surface area contributed by atoms with Crippen LogP contribution in [0.3, 0.4) is 0 Å². The van der Waals surface area contributed by atoms with Gasteiger partial charge in [0, 0.05) is 36.5 Å². The summed E-state index contributed by atoms with van der Waals surface area (Å²) in [4.78, 5) is 27.5. The van der Waals surface area contributed by atoms with E-state index < -0.39 is 18.0 Å². The molecule has 1 unspecified atom stereocenters. The number of halogens is 3. The quantitative estimate of drug-likeness (QED) is 0.577. The van der Waals surface area contributed by atoms with Gasteiger partial charge in [-0.25, -0.2) is 0 Å². The molecule has 0 radical (unpaired) electrons. The van der Waals surface area contributed by atoms with Crippen molar-refractivity contribution in [3.8, 4) is 16.9 Å². The smallest absolute Gasteiger partial charge is 0.405 e. The van der Waals surface area contributed by atoms with Crippen molar-refractivity contribution in [2.24, 2.45) is 18.9 Å².